The van der Waals surface area contributed by atoms with Crippen molar-refractivity contribution < 1.29 is 99.2 Å². The van der Waals surface area contributed by atoms with E-state index in [0.29, 0.717) is 12.8 Å². The molecule has 4 aliphatic rings. The molecule has 0 amide bonds. The summed E-state index contributed by atoms with van der Waals surface area (Å²) >= 11 is 0. The van der Waals surface area contributed by atoms with Gasteiger partial charge >= 0.3 is 0 Å². The van der Waals surface area contributed by atoms with E-state index < -0.39 is 135 Å². The maximum Gasteiger partial charge on any atom is 0.187 e. The van der Waals surface area contributed by atoms with Gasteiger partial charge in [0.15, 0.2) is 25.2 Å². The van der Waals surface area contributed by atoms with Gasteiger partial charge in [0.2, 0.25) is 0 Å². The maximum absolute atomic E-state index is 11.0. The van der Waals surface area contributed by atoms with Crippen LogP contribution in [0.1, 0.15) is 80.1 Å². The minimum absolute atomic E-state index is 0.0720. The van der Waals surface area contributed by atoms with Crippen LogP contribution in [0, 0.1) is 0 Å². The lowest BCUT2D eigenvalue weighted by Crippen LogP contribution is -2.64. The Morgan fingerprint density at radius 2 is 1.02 bits per heavy atom. The average Bonchev–Trinajstić information content (AvgIpc) is 3.26. The highest BCUT2D eigenvalue weighted by Crippen LogP contribution is 2.33. The lowest BCUT2D eigenvalue weighted by molar-refractivity contribution is -0.363. The van der Waals surface area contributed by atoms with Gasteiger partial charge in [0.05, 0.1) is 37.6 Å². The second-order valence-electron chi connectivity index (χ2n) is 17.7. The Kier molecular flexibility index (Phi) is 21.4. The fourth-order valence-electron chi connectivity index (χ4n) is 7.78. The van der Waals surface area contributed by atoms with Crippen LogP contribution >= 0.6 is 0 Å². The fourth-order valence-corrected chi connectivity index (χ4v) is 7.78. The predicted molar refractivity (Wildman–Crippen MR) is 225 cm³/mol. The Morgan fingerprint density at radius 1 is 0.547 bits per heavy atom. The number of rotatable bonds is 21. The number of ether oxygens (including phenoxy) is 8. The Morgan fingerprint density at radius 3 is 1.58 bits per heavy atom. The standard InChI is InChI=1S/C44H74O20/c1-8-44(7,64-43-38(56)34(52)39(26(18-45)61-43)63-42-37(55)32(50)29(47)25(6)60-42)17-11-16-22(3)13-9-12-21(2)14-10-15-23(4)19-57-41-36(54)33(51)30(48)27(62-41)20-58-40-35(53)31(49)28(46)24(5)59-40/h8,12,15-16,24-43,45-56H,1,9-11,13-14,17-20H2,2-7H3/b21-12+,22-16+,23-15-/t24-,25-,26+,27+,28-,29-,30+,31+,32+,33-,34+,35+,36+,37+,38+,39+,40+,41+,42-,43-,44+/m0/s1. The van der Waals surface area contributed by atoms with Gasteiger partial charge in [-0.05, 0) is 80.1 Å². The van der Waals surface area contributed by atoms with Gasteiger partial charge in [-0.3, -0.25) is 0 Å². The zero-order valence-corrected chi connectivity index (χ0v) is 37.6. The molecule has 20 heteroatoms. The van der Waals surface area contributed by atoms with Crippen LogP contribution in [-0.2, 0) is 37.9 Å². The van der Waals surface area contributed by atoms with E-state index in [-0.39, 0.29) is 13.2 Å². The third-order valence-electron chi connectivity index (χ3n) is 12.3. The second kappa shape index (κ2) is 25.0. The van der Waals surface area contributed by atoms with Crippen LogP contribution in [-0.4, -0.2) is 210 Å². The predicted octanol–water partition coefficient (Wildman–Crippen LogP) is -1.55. The van der Waals surface area contributed by atoms with Crippen molar-refractivity contribution in [2.45, 2.75) is 208 Å². The molecule has 20 nitrogen and oxygen atoms in total. The van der Waals surface area contributed by atoms with Crippen LogP contribution in [0.4, 0.5) is 0 Å². The third-order valence-corrected chi connectivity index (χ3v) is 12.3. The van der Waals surface area contributed by atoms with Crippen LogP contribution in [0.2, 0.25) is 0 Å². The maximum atomic E-state index is 11.0. The first kappa shape index (κ1) is 54.8. The van der Waals surface area contributed by atoms with Gasteiger partial charge in [-0.1, -0.05) is 41.0 Å². The molecular formula is C44H74O20. The number of aliphatic hydroxyl groups is 12. The lowest BCUT2D eigenvalue weighted by Gasteiger charge is -2.47. The summed E-state index contributed by atoms with van der Waals surface area (Å²) in [6.45, 7) is 13.6. The molecular weight excluding hydrogens is 848 g/mol. The molecule has 0 unspecified atom stereocenters. The summed E-state index contributed by atoms with van der Waals surface area (Å²) in [6, 6.07) is 0. The SMILES string of the molecule is C=C[C@](C)(CC/C=C(\C)CC/C=C(\C)CC/C=C(/C)CO[C@@H]1O[C@H](CO[C@@H]2O[C@@H](C)[C@H](O)[C@@H](O)[C@H]2O)[C@@H](O)[C@H](O)[C@H]1O)O[C@@H]1O[C@H](CO)[C@@H](O[C@@H]2O[C@@H](C)[C@H](O)[C@@H](O)[C@H]2O)[C@H](O)[C@H]1O. The minimum Gasteiger partial charge on any atom is -0.394 e. The van der Waals surface area contributed by atoms with Gasteiger partial charge in [-0.2, -0.15) is 0 Å². The van der Waals surface area contributed by atoms with Gasteiger partial charge in [0.1, 0.15) is 85.5 Å². The molecule has 4 aliphatic heterocycles. The van der Waals surface area contributed by atoms with Gasteiger partial charge < -0.3 is 99.2 Å². The van der Waals surface area contributed by atoms with Crippen molar-refractivity contribution in [3.05, 3.63) is 47.6 Å². The topological polar surface area (TPSA) is 317 Å². The smallest absolute Gasteiger partial charge is 0.187 e. The van der Waals surface area contributed by atoms with Crippen LogP contribution in [0.15, 0.2) is 47.6 Å². The highest BCUT2D eigenvalue weighted by atomic mass is 16.8. The molecule has 21 atom stereocenters. The molecule has 0 aromatic carbocycles. The summed E-state index contributed by atoms with van der Waals surface area (Å²) in [4.78, 5) is 0. The normalized spacial score (nSPS) is 42.6. The van der Waals surface area contributed by atoms with E-state index in [1.807, 2.05) is 26.8 Å². The highest BCUT2D eigenvalue weighted by molar-refractivity contribution is 5.07. The fraction of sp³-hybridized carbons (Fsp3) is 0.818. The van der Waals surface area contributed by atoms with Gasteiger partial charge in [-0.15, -0.1) is 6.58 Å². The van der Waals surface area contributed by atoms with Crippen LogP contribution in [0.25, 0.3) is 0 Å². The molecule has 0 radical (unpaired) electrons. The average molecular weight is 923 g/mol. The first-order valence-corrected chi connectivity index (χ1v) is 22.0. The summed E-state index contributed by atoms with van der Waals surface area (Å²) in [5.74, 6) is 0. The van der Waals surface area contributed by atoms with Crippen LogP contribution in [0.3, 0.4) is 0 Å². The van der Waals surface area contributed by atoms with E-state index in [4.69, 9.17) is 37.9 Å². The van der Waals surface area contributed by atoms with Crippen molar-refractivity contribution >= 4 is 0 Å². The summed E-state index contributed by atoms with van der Waals surface area (Å²) in [6.07, 6.45) is -16.0. The van der Waals surface area contributed by atoms with Gasteiger partial charge in [-0.25, -0.2) is 0 Å². The number of hydrogen-bond donors (Lipinski definition) is 12. The molecule has 4 heterocycles. The van der Waals surface area contributed by atoms with Crippen LogP contribution in [0.5, 0.6) is 0 Å². The molecule has 0 spiro atoms. The largest absolute Gasteiger partial charge is 0.394 e. The zero-order chi connectivity index (χ0) is 47.6. The van der Waals surface area contributed by atoms with E-state index in [2.05, 4.69) is 18.7 Å². The number of aliphatic hydroxyl groups excluding tert-OH is 12. The van der Waals surface area contributed by atoms with Gasteiger partial charge in [0.25, 0.3) is 0 Å². The Labute approximate surface area is 374 Å². The van der Waals surface area contributed by atoms with Crippen molar-refractivity contribution in [1.82, 2.24) is 0 Å². The Bertz CT molecular complexity index is 1530. The lowest BCUT2D eigenvalue weighted by atomic mass is 9.95. The van der Waals surface area contributed by atoms with E-state index in [0.717, 1.165) is 36.8 Å². The van der Waals surface area contributed by atoms with Crippen molar-refractivity contribution in [2.24, 2.45) is 0 Å². The number of allylic oxidation sites excluding steroid dienone is 5. The summed E-state index contributed by atoms with van der Waals surface area (Å²) in [5, 5.41) is 124. The molecule has 12 N–H and O–H groups in total. The second-order valence-corrected chi connectivity index (χ2v) is 17.7. The molecule has 4 saturated heterocycles. The summed E-state index contributed by atoms with van der Waals surface area (Å²) in [5.41, 5.74) is 2.19. The first-order chi connectivity index (χ1) is 30.1. The molecule has 0 aliphatic carbocycles. The van der Waals surface area contributed by atoms with E-state index in [9.17, 15) is 61.3 Å². The van der Waals surface area contributed by atoms with Gasteiger partial charge in [0, 0.05) is 0 Å². The first-order valence-electron chi connectivity index (χ1n) is 22.0. The van der Waals surface area contributed by atoms with Crippen molar-refractivity contribution in [2.75, 3.05) is 19.8 Å². The highest BCUT2D eigenvalue weighted by Gasteiger charge is 2.51. The monoisotopic (exact) mass is 922 g/mol. The molecule has 64 heavy (non-hydrogen) atoms. The summed E-state index contributed by atoms with van der Waals surface area (Å²) in [7, 11) is 0. The number of hydrogen-bond acceptors (Lipinski definition) is 20. The molecule has 4 fully saturated rings. The van der Waals surface area contributed by atoms with Crippen molar-refractivity contribution in [3.63, 3.8) is 0 Å². The van der Waals surface area contributed by atoms with E-state index in [1.54, 1.807) is 13.0 Å². The molecule has 0 aromatic rings. The molecule has 0 saturated carbocycles. The Hall–Kier alpha value is -1.84. The third kappa shape index (κ3) is 14.3. The zero-order valence-electron chi connectivity index (χ0n) is 37.6. The van der Waals surface area contributed by atoms with Crippen molar-refractivity contribution in [3.8, 4) is 0 Å². The van der Waals surface area contributed by atoms with Crippen LogP contribution < -0.4 is 0 Å². The van der Waals surface area contributed by atoms with E-state index >= 15 is 0 Å². The molecule has 0 aromatic heterocycles. The van der Waals surface area contributed by atoms with Crippen molar-refractivity contribution in [1.29, 1.82) is 0 Å². The Balaban J connectivity index is 1.17. The summed E-state index contributed by atoms with van der Waals surface area (Å²) < 4.78 is 45.4. The van der Waals surface area contributed by atoms with E-state index in [1.165, 1.54) is 19.4 Å². The minimum atomic E-state index is -1.67. The molecule has 4 rings (SSSR count). The quantitative estimate of drug-likeness (QED) is 0.0580. The molecule has 370 valence electrons. The molecule has 0 bridgehead atoms.